The number of hydrogen-bond donors (Lipinski definition) is 0. The quantitative estimate of drug-likeness (QED) is 0.777. The van der Waals surface area contributed by atoms with Crippen molar-refractivity contribution in [3.8, 4) is 0 Å². The van der Waals surface area contributed by atoms with E-state index in [2.05, 4.69) is 25.8 Å². The maximum absolute atomic E-state index is 11.4. The predicted octanol–water partition coefficient (Wildman–Crippen LogP) is 2.03. The zero-order valence-corrected chi connectivity index (χ0v) is 11.6. The number of amides is 1. The average molecular weight is 326 g/mol. The molecule has 94 valence electrons. The lowest BCUT2D eigenvalue weighted by Crippen LogP contribution is -2.29. The fourth-order valence-electron chi connectivity index (χ4n) is 0.849. The van der Waals surface area contributed by atoms with Gasteiger partial charge in [-0.2, -0.15) is 0 Å². The van der Waals surface area contributed by atoms with Crippen molar-refractivity contribution in [1.29, 1.82) is 0 Å². The smallest absolute Gasteiger partial charge is 0.271 e. The first-order valence-corrected chi connectivity index (χ1v) is 5.71. The number of ether oxygens (including phenoxy) is 1. The van der Waals surface area contributed by atoms with Crippen LogP contribution in [0.15, 0.2) is 16.7 Å². The monoisotopic (exact) mass is 324 g/mol. The molecule has 0 fully saturated rings. The molecule has 0 aliphatic rings. The molecule has 0 saturated heterocycles. The molecule has 0 aliphatic heterocycles. The molecule has 1 amide bonds. The molecule has 5 nitrogen and oxygen atoms in total. The third-order valence-electron chi connectivity index (χ3n) is 1.80. The van der Waals surface area contributed by atoms with Crippen molar-refractivity contribution in [3.63, 3.8) is 0 Å². The lowest BCUT2D eigenvalue weighted by Gasteiger charge is -2.13. The van der Waals surface area contributed by atoms with Crippen LogP contribution in [0.5, 0.6) is 0 Å². The van der Waals surface area contributed by atoms with Crippen molar-refractivity contribution >= 4 is 33.4 Å². The number of hydrogen-bond acceptors (Lipinski definition) is 4. The Morgan fingerprint density at radius 1 is 1.76 bits per heavy atom. The molecular weight excluding hydrogens is 311 g/mol. The van der Waals surface area contributed by atoms with Crippen LogP contribution in [-0.4, -0.2) is 36.7 Å². The minimum absolute atomic E-state index is 0.00442. The first kappa shape index (κ1) is 11.4. The van der Waals surface area contributed by atoms with E-state index in [9.17, 15) is 4.79 Å². The number of rotatable bonds is 5. The number of aromatic nitrogens is 1. The number of nitrogens with zero attached hydrogens (tertiary/aromatic N) is 2. The molecule has 1 heterocycles. The number of hydroxylamine groups is 2. The molecule has 1 aromatic rings. The van der Waals surface area contributed by atoms with Crippen LogP contribution in [0.25, 0.3) is 0 Å². The Labute approximate surface area is 116 Å². The van der Waals surface area contributed by atoms with Gasteiger partial charge in [-0.3, -0.25) is 14.6 Å². The van der Waals surface area contributed by atoms with Crippen LogP contribution >= 0.6 is 27.5 Å². The van der Waals surface area contributed by atoms with Gasteiger partial charge in [-0.1, -0.05) is 11.6 Å². The van der Waals surface area contributed by atoms with Gasteiger partial charge in [0.15, 0.2) is 0 Å². The van der Waals surface area contributed by atoms with Crippen molar-refractivity contribution < 1.29 is 17.1 Å². The lowest BCUT2D eigenvalue weighted by atomic mass is 10.4. The van der Waals surface area contributed by atoms with Crippen molar-refractivity contribution in [2.75, 3.05) is 20.8 Å². The normalized spacial score (nSPS) is 12.9. The topological polar surface area (TPSA) is 51.7 Å². The Hall–Kier alpha value is -0.690. The van der Waals surface area contributed by atoms with Crippen LogP contribution in [0, 0.1) is 0 Å². The van der Waals surface area contributed by atoms with E-state index >= 15 is 0 Å². The van der Waals surface area contributed by atoms with Gasteiger partial charge in [-0.15, -0.1) is 0 Å². The molecule has 0 aromatic carbocycles. The zero-order valence-electron chi connectivity index (χ0n) is 11.2. The van der Waals surface area contributed by atoms with E-state index in [0.29, 0.717) is 9.50 Å². The molecule has 0 bridgehead atoms. The maximum Gasteiger partial charge on any atom is 0.271 e. The van der Waals surface area contributed by atoms with E-state index in [1.54, 1.807) is 0 Å². The van der Waals surface area contributed by atoms with Crippen LogP contribution in [0.1, 0.15) is 8.44 Å². The molecule has 0 N–H and O–H groups in total. The molecule has 7 heteroatoms. The Bertz CT molecular complexity index is 476. The molecule has 17 heavy (non-hydrogen) atoms. The maximum atomic E-state index is 11.4. The highest BCUT2D eigenvalue weighted by Crippen LogP contribution is 2.19. The van der Waals surface area contributed by atoms with E-state index in [0.717, 1.165) is 5.06 Å². The van der Waals surface area contributed by atoms with Crippen LogP contribution in [0.4, 0.5) is 0 Å². The Morgan fingerprint density at radius 3 is 3.06 bits per heavy atom. The molecule has 0 saturated carbocycles. The minimum atomic E-state index is -2.23. The molecule has 0 aliphatic carbocycles. The highest BCUT2D eigenvalue weighted by Gasteiger charge is 2.09. The molecule has 1 aromatic heterocycles. The van der Waals surface area contributed by atoms with Gasteiger partial charge < -0.3 is 4.74 Å². The van der Waals surface area contributed by atoms with Crippen LogP contribution in [0.2, 0.25) is 5.02 Å². The number of likely N-dealkylation sites (N-methyl/N-ethyl adjacent to an activating group) is 1. The zero-order chi connectivity index (χ0) is 14.6. The van der Waals surface area contributed by atoms with Gasteiger partial charge in [0.25, 0.3) is 5.91 Å². The predicted molar refractivity (Wildman–Crippen MR) is 66.4 cm³/mol. The fraction of sp³-hybridized carbons (Fsp3) is 0.400. The summed E-state index contributed by atoms with van der Waals surface area (Å²) in [6.45, 7) is -2.71. The van der Waals surface area contributed by atoms with Crippen molar-refractivity contribution in [2.24, 2.45) is 0 Å². The van der Waals surface area contributed by atoms with E-state index in [-0.39, 0.29) is 5.69 Å². The fourth-order valence-corrected chi connectivity index (χ4v) is 1.57. The van der Waals surface area contributed by atoms with Gasteiger partial charge in [0.05, 0.1) is 27.1 Å². The molecule has 0 radical (unpaired) electrons. The summed E-state index contributed by atoms with van der Waals surface area (Å²) in [6.07, 6.45) is 1.30. The first-order chi connectivity index (χ1) is 8.77. The number of carbonyl (C=O) groups excluding carboxylic acids is 1. The summed E-state index contributed by atoms with van der Waals surface area (Å²) >= 11 is 8.87. The van der Waals surface area contributed by atoms with Gasteiger partial charge >= 0.3 is 0 Å². The second-order valence-electron chi connectivity index (χ2n) is 2.95. The number of pyridine rings is 1. The van der Waals surface area contributed by atoms with Gasteiger partial charge in [0.1, 0.15) is 6.61 Å². The lowest BCUT2D eigenvalue weighted by molar-refractivity contribution is -0.173. The number of carbonyl (C=O) groups is 1. The number of halogens is 2. The van der Waals surface area contributed by atoms with E-state index in [1.807, 2.05) is 0 Å². The standard InChI is InChI=1S/C10H12BrClN2O3/c1-14(16-2)10(15)6-17-5-9-8(11)3-7(12)4-13-9/h3-4H,5-6H2,1-2H3/i5D2. The summed E-state index contributed by atoms with van der Waals surface area (Å²) in [6, 6.07) is 1.49. The third kappa shape index (κ3) is 4.59. The van der Waals surface area contributed by atoms with Gasteiger partial charge in [-0.25, -0.2) is 5.06 Å². The van der Waals surface area contributed by atoms with Crippen molar-refractivity contribution in [3.05, 3.63) is 27.5 Å². The van der Waals surface area contributed by atoms with Gasteiger partial charge in [0.2, 0.25) is 0 Å². The first-order valence-electron chi connectivity index (χ1n) is 5.54. The summed E-state index contributed by atoms with van der Waals surface area (Å²) in [5.74, 6) is -0.517. The summed E-state index contributed by atoms with van der Waals surface area (Å²) in [4.78, 5) is 20.0. The third-order valence-corrected chi connectivity index (χ3v) is 2.61. The molecule has 0 unspecified atom stereocenters. The average Bonchev–Trinajstić information content (AvgIpc) is 2.34. The largest absolute Gasteiger partial charge is 0.365 e. The summed E-state index contributed by atoms with van der Waals surface area (Å²) in [5, 5.41) is 1.31. The minimum Gasteiger partial charge on any atom is -0.365 e. The van der Waals surface area contributed by atoms with Crippen LogP contribution in [-0.2, 0) is 20.9 Å². The Balaban J connectivity index is 2.78. The highest BCUT2D eigenvalue weighted by atomic mass is 79.9. The SMILES string of the molecule is [2H]C([2H])(OCC(=O)N(C)OC)c1ncc(Cl)cc1Br. The Morgan fingerprint density at radius 2 is 2.47 bits per heavy atom. The van der Waals surface area contributed by atoms with Crippen molar-refractivity contribution in [2.45, 2.75) is 6.56 Å². The molecular formula is C10H12BrClN2O3. The van der Waals surface area contributed by atoms with E-state index < -0.39 is 19.1 Å². The van der Waals surface area contributed by atoms with Gasteiger partial charge in [-0.05, 0) is 22.0 Å². The summed E-state index contributed by atoms with van der Waals surface area (Å²) < 4.78 is 20.8. The van der Waals surface area contributed by atoms with Crippen molar-refractivity contribution in [1.82, 2.24) is 10.0 Å². The highest BCUT2D eigenvalue weighted by molar-refractivity contribution is 9.10. The van der Waals surface area contributed by atoms with E-state index in [1.165, 1.54) is 26.4 Å². The molecule has 0 atom stereocenters. The van der Waals surface area contributed by atoms with E-state index in [4.69, 9.17) is 19.1 Å². The summed E-state index contributed by atoms with van der Waals surface area (Å²) in [7, 11) is 2.72. The molecule has 1 rings (SSSR count). The summed E-state index contributed by atoms with van der Waals surface area (Å²) in [5.41, 5.74) is 0.00442. The Kier molecular flexibility index (Phi) is 4.63. The van der Waals surface area contributed by atoms with Gasteiger partial charge in [0, 0.05) is 17.7 Å². The second kappa shape index (κ2) is 6.90. The second-order valence-corrected chi connectivity index (χ2v) is 4.24. The van der Waals surface area contributed by atoms with Crippen LogP contribution < -0.4 is 0 Å². The van der Waals surface area contributed by atoms with Crippen LogP contribution in [0.3, 0.4) is 0 Å². The molecule has 0 spiro atoms.